The molecular formula is C24H32N2O7. The molecular weight excluding hydrogens is 428 g/mol. The molecule has 33 heavy (non-hydrogen) atoms. The van der Waals surface area contributed by atoms with Crippen molar-refractivity contribution in [3.05, 3.63) is 35.6 Å². The lowest BCUT2D eigenvalue weighted by molar-refractivity contribution is -0.146. The number of carbonyl (C=O) groups is 2. The van der Waals surface area contributed by atoms with E-state index in [-0.39, 0.29) is 36.9 Å². The molecule has 0 bridgehead atoms. The van der Waals surface area contributed by atoms with Gasteiger partial charge < -0.3 is 34.3 Å². The second kappa shape index (κ2) is 11.4. The maximum atomic E-state index is 12.8. The SMILES string of the molecule is O=C(NCCCN1CCCC1=O)C1=CC(c2ccc3c(c2)OCO3)CC(OCCCCO)O1. The van der Waals surface area contributed by atoms with Gasteiger partial charge in [0.2, 0.25) is 19.0 Å². The van der Waals surface area contributed by atoms with Crippen LogP contribution >= 0.6 is 0 Å². The van der Waals surface area contributed by atoms with Crippen molar-refractivity contribution < 1.29 is 33.6 Å². The van der Waals surface area contributed by atoms with Crippen molar-refractivity contribution in [2.24, 2.45) is 0 Å². The fourth-order valence-electron chi connectivity index (χ4n) is 4.22. The van der Waals surface area contributed by atoms with Gasteiger partial charge in [-0.25, -0.2) is 0 Å². The van der Waals surface area contributed by atoms with Gasteiger partial charge in [0.1, 0.15) is 0 Å². The summed E-state index contributed by atoms with van der Waals surface area (Å²) in [6, 6.07) is 5.77. The lowest BCUT2D eigenvalue weighted by Gasteiger charge is -2.29. The topological polar surface area (TPSA) is 107 Å². The first-order chi connectivity index (χ1) is 16.1. The number of ether oxygens (including phenoxy) is 4. The Kier molecular flexibility index (Phi) is 8.06. The summed E-state index contributed by atoms with van der Waals surface area (Å²) in [5.41, 5.74) is 0.990. The fourth-order valence-corrected chi connectivity index (χ4v) is 4.22. The number of aliphatic hydroxyl groups excluding tert-OH is 1. The molecule has 0 saturated carbocycles. The summed E-state index contributed by atoms with van der Waals surface area (Å²) < 4.78 is 22.6. The summed E-state index contributed by atoms with van der Waals surface area (Å²) in [4.78, 5) is 26.4. The fraction of sp³-hybridized carbons (Fsp3) is 0.583. The zero-order chi connectivity index (χ0) is 23.0. The van der Waals surface area contributed by atoms with Crippen LogP contribution < -0.4 is 14.8 Å². The molecule has 9 heteroatoms. The lowest BCUT2D eigenvalue weighted by atomic mass is 9.92. The molecule has 4 rings (SSSR count). The number of carbonyl (C=O) groups excluding carboxylic acids is 2. The third-order valence-electron chi connectivity index (χ3n) is 6.02. The van der Waals surface area contributed by atoms with Crippen LogP contribution in [0.5, 0.6) is 11.5 Å². The van der Waals surface area contributed by atoms with Crippen molar-refractivity contribution in [1.29, 1.82) is 0 Å². The highest BCUT2D eigenvalue weighted by Gasteiger charge is 2.30. The van der Waals surface area contributed by atoms with Gasteiger partial charge in [-0.05, 0) is 49.5 Å². The molecule has 2 unspecified atom stereocenters. The number of nitrogens with one attached hydrogen (secondary N) is 1. The van der Waals surface area contributed by atoms with Crippen molar-refractivity contribution in [3.63, 3.8) is 0 Å². The van der Waals surface area contributed by atoms with E-state index in [1.165, 1.54) is 0 Å². The number of benzene rings is 1. The minimum Gasteiger partial charge on any atom is -0.459 e. The summed E-state index contributed by atoms with van der Waals surface area (Å²) in [5.74, 6) is 1.44. The third kappa shape index (κ3) is 6.17. The Hall–Kier alpha value is -2.78. The van der Waals surface area contributed by atoms with Crippen molar-refractivity contribution in [2.45, 2.75) is 50.7 Å². The van der Waals surface area contributed by atoms with Gasteiger partial charge in [0, 0.05) is 45.0 Å². The van der Waals surface area contributed by atoms with Gasteiger partial charge in [0.15, 0.2) is 17.3 Å². The number of allylic oxidation sites excluding steroid dienone is 1. The Balaban J connectivity index is 1.37. The van der Waals surface area contributed by atoms with E-state index in [4.69, 9.17) is 24.1 Å². The van der Waals surface area contributed by atoms with Crippen molar-refractivity contribution >= 4 is 11.8 Å². The van der Waals surface area contributed by atoms with Gasteiger partial charge in [0.25, 0.3) is 5.91 Å². The molecule has 1 aromatic rings. The molecule has 0 aromatic heterocycles. The van der Waals surface area contributed by atoms with Crippen LogP contribution in [0, 0.1) is 0 Å². The number of amides is 2. The number of hydrogen-bond acceptors (Lipinski definition) is 7. The minimum absolute atomic E-state index is 0.0842. The summed E-state index contributed by atoms with van der Waals surface area (Å²) in [7, 11) is 0. The first-order valence-electron chi connectivity index (χ1n) is 11.7. The number of rotatable bonds is 11. The Labute approximate surface area is 193 Å². The van der Waals surface area contributed by atoms with E-state index in [1.54, 1.807) is 0 Å². The minimum atomic E-state index is -0.563. The normalized spacial score (nSPS) is 21.7. The highest BCUT2D eigenvalue weighted by Crippen LogP contribution is 2.38. The van der Waals surface area contributed by atoms with Gasteiger partial charge >= 0.3 is 0 Å². The average molecular weight is 461 g/mol. The monoisotopic (exact) mass is 460 g/mol. The Morgan fingerprint density at radius 1 is 1.21 bits per heavy atom. The molecule has 0 radical (unpaired) electrons. The molecule has 180 valence electrons. The molecule has 2 atom stereocenters. The molecule has 0 spiro atoms. The van der Waals surface area contributed by atoms with E-state index in [0.717, 1.165) is 18.5 Å². The molecule has 1 saturated heterocycles. The van der Waals surface area contributed by atoms with Crippen LogP contribution in [-0.2, 0) is 19.1 Å². The van der Waals surface area contributed by atoms with Crippen LogP contribution in [0.4, 0.5) is 0 Å². The quantitative estimate of drug-likeness (QED) is 0.487. The number of unbranched alkanes of at least 4 members (excludes halogenated alkanes) is 1. The van der Waals surface area contributed by atoms with E-state index in [2.05, 4.69) is 5.32 Å². The molecule has 3 aliphatic rings. The van der Waals surface area contributed by atoms with E-state index >= 15 is 0 Å². The van der Waals surface area contributed by atoms with Crippen LogP contribution in [0.1, 0.15) is 50.0 Å². The average Bonchev–Trinajstić information content (AvgIpc) is 3.47. The summed E-state index contributed by atoms with van der Waals surface area (Å²) in [5, 5.41) is 11.9. The van der Waals surface area contributed by atoms with E-state index in [1.807, 2.05) is 29.2 Å². The van der Waals surface area contributed by atoms with Crippen LogP contribution in [0.15, 0.2) is 30.0 Å². The molecule has 2 N–H and O–H groups in total. The maximum absolute atomic E-state index is 12.8. The first kappa shape index (κ1) is 23.4. The molecule has 1 fully saturated rings. The zero-order valence-corrected chi connectivity index (χ0v) is 18.8. The highest BCUT2D eigenvalue weighted by atomic mass is 16.7. The largest absolute Gasteiger partial charge is 0.459 e. The molecule has 3 aliphatic heterocycles. The van der Waals surface area contributed by atoms with E-state index in [9.17, 15) is 9.59 Å². The maximum Gasteiger partial charge on any atom is 0.286 e. The smallest absolute Gasteiger partial charge is 0.286 e. The summed E-state index contributed by atoms with van der Waals surface area (Å²) in [6.45, 7) is 2.67. The number of likely N-dealkylation sites (tertiary alicyclic amines) is 1. The van der Waals surface area contributed by atoms with Gasteiger partial charge in [-0.1, -0.05) is 6.07 Å². The molecule has 3 heterocycles. The van der Waals surface area contributed by atoms with E-state index < -0.39 is 6.29 Å². The Morgan fingerprint density at radius 2 is 2.09 bits per heavy atom. The number of hydrogen-bond donors (Lipinski definition) is 2. The number of fused-ring (bicyclic) bond motifs is 1. The third-order valence-corrected chi connectivity index (χ3v) is 6.02. The standard InChI is InChI=1S/C24H32N2O7/c27-11-1-2-12-30-23-15-18(17-6-7-19-20(13-17)32-16-31-19)14-21(33-23)24(29)25-8-4-10-26-9-3-5-22(26)28/h6-7,13-14,18,23,27H,1-5,8-12,15-16H2,(H,25,29). The summed E-state index contributed by atoms with van der Waals surface area (Å²) >= 11 is 0. The number of nitrogens with zero attached hydrogens (tertiary/aromatic N) is 1. The van der Waals surface area contributed by atoms with E-state index in [0.29, 0.717) is 63.3 Å². The lowest BCUT2D eigenvalue weighted by Crippen LogP contribution is -2.35. The Bertz CT molecular complexity index is 872. The second-order valence-electron chi connectivity index (χ2n) is 8.43. The second-order valence-corrected chi connectivity index (χ2v) is 8.43. The Morgan fingerprint density at radius 3 is 2.91 bits per heavy atom. The molecule has 9 nitrogen and oxygen atoms in total. The van der Waals surface area contributed by atoms with Crippen LogP contribution in [0.25, 0.3) is 0 Å². The van der Waals surface area contributed by atoms with Crippen molar-refractivity contribution in [1.82, 2.24) is 10.2 Å². The summed E-state index contributed by atoms with van der Waals surface area (Å²) in [6.07, 6.45) is 5.41. The van der Waals surface area contributed by atoms with Crippen molar-refractivity contribution in [3.8, 4) is 11.5 Å². The molecule has 0 aliphatic carbocycles. The first-order valence-corrected chi connectivity index (χ1v) is 11.7. The van der Waals surface area contributed by atoms with Gasteiger partial charge in [0.05, 0.1) is 6.61 Å². The van der Waals surface area contributed by atoms with Crippen LogP contribution in [-0.4, -0.2) is 67.8 Å². The predicted molar refractivity (Wildman–Crippen MR) is 119 cm³/mol. The molecule has 2 amide bonds. The van der Waals surface area contributed by atoms with Gasteiger partial charge in [-0.3, -0.25) is 9.59 Å². The molecule has 1 aromatic carbocycles. The van der Waals surface area contributed by atoms with Crippen LogP contribution in [0.3, 0.4) is 0 Å². The van der Waals surface area contributed by atoms with Crippen LogP contribution in [0.2, 0.25) is 0 Å². The zero-order valence-electron chi connectivity index (χ0n) is 18.8. The predicted octanol–water partition coefficient (Wildman–Crippen LogP) is 2.05. The highest BCUT2D eigenvalue weighted by molar-refractivity contribution is 5.91. The number of aliphatic hydroxyl groups is 1. The van der Waals surface area contributed by atoms with Gasteiger partial charge in [-0.2, -0.15) is 0 Å². The van der Waals surface area contributed by atoms with Crippen molar-refractivity contribution in [2.75, 3.05) is 39.6 Å². The van der Waals surface area contributed by atoms with Gasteiger partial charge in [-0.15, -0.1) is 0 Å².